The van der Waals surface area contributed by atoms with Gasteiger partial charge in [-0.1, -0.05) is 6.92 Å². The maximum absolute atomic E-state index is 5.45. The molecule has 0 aliphatic carbocycles. The third-order valence-electron chi connectivity index (χ3n) is 3.18. The molecule has 0 radical (unpaired) electrons. The molecular formula is C14H13Br2N3O2. The first-order chi connectivity index (χ1) is 10.1. The molecule has 1 aromatic carbocycles. The lowest BCUT2D eigenvalue weighted by Crippen LogP contribution is -2.02. The van der Waals surface area contributed by atoms with Crippen LogP contribution in [0.5, 0.6) is 11.5 Å². The molecule has 1 aliphatic heterocycles. The molecule has 3 rings (SSSR count). The van der Waals surface area contributed by atoms with E-state index in [-0.39, 0.29) is 6.79 Å². The Morgan fingerprint density at radius 2 is 2.05 bits per heavy atom. The van der Waals surface area contributed by atoms with Crippen LogP contribution in [0.15, 0.2) is 21.1 Å². The zero-order valence-corrected chi connectivity index (χ0v) is 14.7. The predicted octanol–water partition coefficient (Wildman–Crippen LogP) is 4.00. The summed E-state index contributed by atoms with van der Waals surface area (Å²) < 4.78 is 12.6. The molecule has 0 saturated carbocycles. The predicted molar refractivity (Wildman–Crippen MR) is 87.9 cm³/mol. The molecule has 0 amide bonds. The average Bonchev–Trinajstić information content (AvgIpc) is 2.96. The highest BCUT2D eigenvalue weighted by Crippen LogP contribution is 2.42. The van der Waals surface area contributed by atoms with Gasteiger partial charge >= 0.3 is 0 Å². The molecule has 21 heavy (non-hydrogen) atoms. The molecular weight excluding hydrogens is 402 g/mol. The van der Waals surface area contributed by atoms with Crippen molar-refractivity contribution in [2.24, 2.45) is 0 Å². The summed E-state index contributed by atoms with van der Waals surface area (Å²) in [5.41, 5.74) is 1.84. The van der Waals surface area contributed by atoms with E-state index >= 15 is 0 Å². The van der Waals surface area contributed by atoms with Crippen LogP contribution in [0.4, 0.5) is 5.82 Å². The Morgan fingerprint density at radius 3 is 2.76 bits per heavy atom. The number of hydrogen-bond donors (Lipinski definition) is 1. The number of fused-ring (bicyclic) bond motifs is 1. The number of ether oxygens (including phenoxy) is 2. The van der Waals surface area contributed by atoms with Gasteiger partial charge in [0, 0.05) is 12.6 Å². The summed E-state index contributed by atoms with van der Waals surface area (Å²) in [6.07, 6.45) is 0.816. The average molecular weight is 415 g/mol. The second-order valence-corrected chi connectivity index (χ2v) is 6.10. The number of benzene rings is 1. The van der Waals surface area contributed by atoms with Crippen LogP contribution >= 0.6 is 31.9 Å². The summed E-state index contributed by atoms with van der Waals surface area (Å²) in [5, 5.41) is 3.08. The quantitative estimate of drug-likeness (QED) is 0.822. The van der Waals surface area contributed by atoms with Crippen molar-refractivity contribution >= 4 is 37.7 Å². The van der Waals surface area contributed by atoms with Gasteiger partial charge in [0.05, 0.1) is 14.6 Å². The summed E-state index contributed by atoms with van der Waals surface area (Å²) in [6, 6.07) is 3.84. The van der Waals surface area contributed by atoms with E-state index in [2.05, 4.69) is 54.1 Å². The lowest BCUT2D eigenvalue weighted by molar-refractivity contribution is 0.173. The minimum Gasteiger partial charge on any atom is -0.454 e. The van der Waals surface area contributed by atoms with Crippen molar-refractivity contribution in [3.63, 3.8) is 0 Å². The maximum Gasteiger partial charge on any atom is 0.231 e. The van der Waals surface area contributed by atoms with Gasteiger partial charge in [-0.05, 0) is 50.4 Å². The van der Waals surface area contributed by atoms with Crippen molar-refractivity contribution in [1.29, 1.82) is 0 Å². The van der Waals surface area contributed by atoms with Gasteiger partial charge in [0.25, 0.3) is 0 Å². The lowest BCUT2D eigenvalue weighted by Gasteiger charge is -2.11. The van der Waals surface area contributed by atoms with Gasteiger partial charge in [-0.3, -0.25) is 0 Å². The molecule has 1 aliphatic rings. The van der Waals surface area contributed by atoms with Crippen molar-refractivity contribution in [3.8, 4) is 22.9 Å². The van der Waals surface area contributed by atoms with Gasteiger partial charge in [-0.25, -0.2) is 9.97 Å². The topological polar surface area (TPSA) is 56.3 Å². The van der Waals surface area contributed by atoms with Gasteiger partial charge in [0.15, 0.2) is 17.3 Å². The van der Waals surface area contributed by atoms with Crippen molar-refractivity contribution in [1.82, 2.24) is 9.97 Å². The molecule has 1 N–H and O–H groups in total. The molecule has 2 heterocycles. The molecule has 1 aromatic heterocycles. The van der Waals surface area contributed by atoms with Crippen LogP contribution in [0.3, 0.4) is 0 Å². The first-order valence-electron chi connectivity index (χ1n) is 6.47. The van der Waals surface area contributed by atoms with Crippen molar-refractivity contribution < 1.29 is 9.47 Å². The van der Waals surface area contributed by atoms with Crippen molar-refractivity contribution in [2.45, 2.75) is 13.3 Å². The highest BCUT2D eigenvalue weighted by Gasteiger charge is 2.20. The van der Waals surface area contributed by atoms with E-state index in [1.54, 1.807) is 0 Å². The van der Waals surface area contributed by atoms with E-state index in [9.17, 15) is 0 Å². The molecule has 0 spiro atoms. The van der Waals surface area contributed by atoms with E-state index in [4.69, 9.17) is 9.47 Å². The van der Waals surface area contributed by atoms with Crippen LogP contribution in [0, 0.1) is 0 Å². The van der Waals surface area contributed by atoms with E-state index in [0.29, 0.717) is 11.6 Å². The van der Waals surface area contributed by atoms with Gasteiger partial charge in [-0.15, -0.1) is 0 Å². The number of rotatable bonds is 3. The smallest absolute Gasteiger partial charge is 0.231 e. The van der Waals surface area contributed by atoms with E-state index in [1.165, 1.54) is 0 Å². The Labute approximate surface area is 139 Å². The van der Waals surface area contributed by atoms with Gasteiger partial charge in [0.1, 0.15) is 5.82 Å². The van der Waals surface area contributed by atoms with Crippen LogP contribution in [0.1, 0.15) is 12.6 Å². The largest absolute Gasteiger partial charge is 0.454 e. The Hall–Kier alpha value is -1.34. The van der Waals surface area contributed by atoms with Crippen LogP contribution in [-0.2, 0) is 6.42 Å². The minimum absolute atomic E-state index is 0.237. The summed E-state index contributed by atoms with van der Waals surface area (Å²) in [6.45, 7) is 2.30. The molecule has 0 unspecified atom stereocenters. The fourth-order valence-electron chi connectivity index (χ4n) is 2.12. The Kier molecular flexibility index (Phi) is 4.03. The molecule has 2 aromatic rings. The molecule has 110 valence electrons. The monoisotopic (exact) mass is 413 g/mol. The first-order valence-corrected chi connectivity index (χ1v) is 8.06. The van der Waals surface area contributed by atoms with Crippen LogP contribution in [0.2, 0.25) is 0 Å². The van der Waals surface area contributed by atoms with Gasteiger partial charge in [0.2, 0.25) is 6.79 Å². The van der Waals surface area contributed by atoms with Gasteiger partial charge in [-0.2, -0.15) is 0 Å². The van der Waals surface area contributed by atoms with E-state index in [1.807, 2.05) is 19.2 Å². The third-order valence-corrected chi connectivity index (χ3v) is 4.60. The normalized spacial score (nSPS) is 12.6. The number of nitrogens with zero attached hydrogens (tertiary/aromatic N) is 2. The summed E-state index contributed by atoms with van der Waals surface area (Å²) >= 11 is 7.03. The zero-order chi connectivity index (χ0) is 15.0. The molecule has 0 fully saturated rings. The van der Waals surface area contributed by atoms with Crippen molar-refractivity contribution in [3.05, 3.63) is 26.8 Å². The third kappa shape index (κ3) is 2.60. The highest BCUT2D eigenvalue weighted by molar-refractivity contribution is 9.11. The second kappa shape index (κ2) is 5.81. The standard InChI is InChI=1S/C14H13Br2N3O2/c1-3-9-11(16)14(17-2)19-13(18-9)7-4-8(15)12-10(5-7)20-6-21-12/h4-5H,3,6H2,1-2H3,(H,17,18,19). The Morgan fingerprint density at radius 1 is 1.24 bits per heavy atom. The van der Waals surface area contributed by atoms with Crippen LogP contribution in [-0.4, -0.2) is 23.8 Å². The highest BCUT2D eigenvalue weighted by atomic mass is 79.9. The van der Waals surface area contributed by atoms with Crippen LogP contribution < -0.4 is 14.8 Å². The van der Waals surface area contributed by atoms with Crippen molar-refractivity contribution in [2.75, 3.05) is 19.2 Å². The Bertz CT molecular complexity index is 682. The van der Waals surface area contributed by atoms with Gasteiger partial charge < -0.3 is 14.8 Å². The number of hydrogen-bond acceptors (Lipinski definition) is 5. The Balaban J connectivity index is 2.14. The summed E-state index contributed by atoms with van der Waals surface area (Å²) in [5.74, 6) is 2.85. The molecule has 5 nitrogen and oxygen atoms in total. The zero-order valence-electron chi connectivity index (χ0n) is 11.5. The number of anilines is 1. The molecule has 0 atom stereocenters. The number of halogens is 2. The SMILES string of the molecule is CCc1nc(-c2cc(Br)c3c(c2)OCO3)nc(NC)c1Br. The lowest BCUT2D eigenvalue weighted by atomic mass is 10.2. The second-order valence-electron chi connectivity index (χ2n) is 4.45. The number of aryl methyl sites for hydroxylation is 1. The number of nitrogens with one attached hydrogen (secondary N) is 1. The minimum atomic E-state index is 0.237. The van der Waals surface area contributed by atoms with E-state index in [0.717, 1.165) is 38.2 Å². The first kappa shape index (κ1) is 14.6. The van der Waals surface area contributed by atoms with Crippen LogP contribution in [0.25, 0.3) is 11.4 Å². The molecule has 7 heteroatoms. The summed E-state index contributed by atoms with van der Waals surface area (Å²) in [4.78, 5) is 9.17. The fourth-order valence-corrected chi connectivity index (χ4v) is 3.33. The number of aromatic nitrogens is 2. The fraction of sp³-hybridized carbons (Fsp3) is 0.286. The van der Waals surface area contributed by atoms with E-state index < -0.39 is 0 Å². The molecule has 0 saturated heterocycles. The summed E-state index contributed by atoms with van der Waals surface area (Å²) in [7, 11) is 1.84. The maximum atomic E-state index is 5.45. The molecule has 0 bridgehead atoms.